The molecule has 0 atom stereocenters. The van der Waals surface area contributed by atoms with Gasteiger partial charge in [0.05, 0.1) is 6.61 Å². The Labute approximate surface area is 148 Å². The number of ether oxygens (including phenoxy) is 1. The highest BCUT2D eigenvalue weighted by atomic mass is 32.1. The number of hydrogen-bond acceptors (Lipinski definition) is 5. The quantitative estimate of drug-likeness (QED) is 0.700. The molecule has 1 amide bonds. The van der Waals surface area contributed by atoms with Gasteiger partial charge in [0.1, 0.15) is 4.88 Å². The molecule has 0 N–H and O–H groups in total. The fraction of sp³-hybridized carbons (Fsp3) is 0.444. The number of carbonyl (C=O) groups excluding carboxylic acids is 1. The Kier molecular flexibility index (Phi) is 7.36. The van der Waals surface area contributed by atoms with Crippen molar-refractivity contribution in [2.24, 2.45) is 0 Å². The summed E-state index contributed by atoms with van der Waals surface area (Å²) >= 11 is 1.23. The van der Waals surface area contributed by atoms with Gasteiger partial charge in [-0.25, -0.2) is 4.37 Å². The van der Waals surface area contributed by atoms with E-state index in [2.05, 4.69) is 40.5 Å². The number of hydrogen-bond donors (Lipinski definition) is 0. The van der Waals surface area contributed by atoms with Gasteiger partial charge in [-0.05, 0) is 35.3 Å². The van der Waals surface area contributed by atoms with Crippen molar-refractivity contribution in [1.82, 2.24) is 14.2 Å². The number of rotatable bonds is 9. The first-order valence-corrected chi connectivity index (χ1v) is 8.86. The lowest BCUT2D eigenvalue weighted by Gasteiger charge is -2.20. The van der Waals surface area contributed by atoms with Crippen molar-refractivity contribution in [3.63, 3.8) is 0 Å². The normalized spacial score (nSPS) is 11.0. The monoisotopic (exact) mass is 347 g/mol. The van der Waals surface area contributed by atoms with Crippen molar-refractivity contribution in [3.8, 4) is 0 Å². The zero-order chi connectivity index (χ0) is 17.4. The van der Waals surface area contributed by atoms with Crippen LogP contribution >= 0.6 is 11.5 Å². The molecule has 0 aliphatic rings. The van der Waals surface area contributed by atoms with Crippen LogP contribution < -0.4 is 0 Å². The molecule has 0 unspecified atom stereocenters. The summed E-state index contributed by atoms with van der Waals surface area (Å²) < 4.78 is 9.13. The summed E-state index contributed by atoms with van der Waals surface area (Å²) in [5, 5.41) is 0. The maximum absolute atomic E-state index is 12.2. The lowest BCUT2D eigenvalue weighted by Crippen LogP contribution is -2.27. The number of methoxy groups -OCH3 is 1. The molecule has 0 saturated heterocycles. The van der Waals surface area contributed by atoms with Crippen LogP contribution in [-0.4, -0.2) is 53.9 Å². The number of benzene rings is 1. The zero-order valence-electron chi connectivity index (χ0n) is 14.6. The number of nitrogens with zero attached hydrogens (tertiary/aromatic N) is 3. The van der Waals surface area contributed by atoms with E-state index in [4.69, 9.17) is 4.74 Å². The molecule has 0 bridgehead atoms. The molecule has 1 aromatic heterocycles. The van der Waals surface area contributed by atoms with Gasteiger partial charge in [-0.3, -0.25) is 9.69 Å². The molecular formula is C18H25N3O2S. The molecule has 0 radical (unpaired) electrons. The smallest absolute Gasteiger partial charge is 0.265 e. The van der Waals surface area contributed by atoms with Crippen LogP contribution in [0.5, 0.6) is 0 Å². The minimum absolute atomic E-state index is 0.0123. The van der Waals surface area contributed by atoms with Crippen LogP contribution in [0.1, 0.15) is 27.7 Å². The SMILES string of the molecule is CCN(CCOC)Cc1ccc(CN(C)C(=O)c2ccns2)cc1. The van der Waals surface area contributed by atoms with Crippen LogP contribution in [0.2, 0.25) is 0 Å². The number of aromatic nitrogens is 1. The maximum Gasteiger partial charge on any atom is 0.265 e. The van der Waals surface area contributed by atoms with E-state index >= 15 is 0 Å². The molecule has 0 spiro atoms. The van der Waals surface area contributed by atoms with Crippen LogP contribution in [0.25, 0.3) is 0 Å². The van der Waals surface area contributed by atoms with Crippen LogP contribution in [0.15, 0.2) is 36.5 Å². The van der Waals surface area contributed by atoms with E-state index in [0.717, 1.165) is 31.8 Å². The minimum Gasteiger partial charge on any atom is -0.383 e. The van der Waals surface area contributed by atoms with Crippen molar-refractivity contribution >= 4 is 17.4 Å². The van der Waals surface area contributed by atoms with Crippen molar-refractivity contribution in [2.45, 2.75) is 20.0 Å². The Bertz CT molecular complexity index is 614. The highest BCUT2D eigenvalue weighted by molar-refractivity contribution is 7.08. The summed E-state index contributed by atoms with van der Waals surface area (Å²) in [6.45, 7) is 6.34. The van der Waals surface area contributed by atoms with E-state index in [1.54, 1.807) is 24.3 Å². The average Bonchev–Trinajstić information content (AvgIpc) is 3.13. The second-order valence-corrected chi connectivity index (χ2v) is 6.55. The number of likely N-dealkylation sites (N-methyl/N-ethyl adjacent to an activating group) is 1. The Morgan fingerprint density at radius 3 is 2.38 bits per heavy atom. The Hall–Kier alpha value is -1.76. The molecule has 5 nitrogen and oxygen atoms in total. The number of amides is 1. The van der Waals surface area contributed by atoms with Crippen molar-refractivity contribution in [2.75, 3.05) is 33.9 Å². The van der Waals surface area contributed by atoms with Gasteiger partial charge in [0, 0.05) is 40.0 Å². The Morgan fingerprint density at radius 1 is 1.17 bits per heavy atom. The summed E-state index contributed by atoms with van der Waals surface area (Å²) in [7, 11) is 3.55. The topological polar surface area (TPSA) is 45.7 Å². The highest BCUT2D eigenvalue weighted by Gasteiger charge is 2.13. The molecule has 0 fully saturated rings. The summed E-state index contributed by atoms with van der Waals surface area (Å²) in [4.78, 5) is 17.0. The van der Waals surface area contributed by atoms with E-state index in [1.807, 2.05) is 7.05 Å². The van der Waals surface area contributed by atoms with Crippen molar-refractivity contribution < 1.29 is 9.53 Å². The minimum atomic E-state index is 0.0123. The maximum atomic E-state index is 12.2. The van der Waals surface area contributed by atoms with Crippen molar-refractivity contribution in [1.29, 1.82) is 0 Å². The molecule has 6 heteroatoms. The standard InChI is InChI=1S/C18H25N3O2S/c1-4-21(11-12-23-3)14-16-7-5-15(6-8-16)13-20(2)18(22)17-9-10-19-24-17/h5-10H,4,11-14H2,1-3H3. The van der Waals surface area contributed by atoms with Gasteiger partial charge in [0.15, 0.2) is 0 Å². The van der Waals surface area contributed by atoms with Gasteiger partial charge in [-0.15, -0.1) is 0 Å². The lowest BCUT2D eigenvalue weighted by molar-refractivity contribution is 0.0790. The van der Waals surface area contributed by atoms with Crippen LogP contribution in [0.3, 0.4) is 0 Å². The van der Waals surface area contributed by atoms with Gasteiger partial charge in [-0.2, -0.15) is 0 Å². The second-order valence-electron chi connectivity index (χ2n) is 5.72. The molecule has 0 aliphatic carbocycles. The zero-order valence-corrected chi connectivity index (χ0v) is 15.4. The highest BCUT2D eigenvalue weighted by Crippen LogP contribution is 2.13. The third-order valence-corrected chi connectivity index (χ3v) is 4.64. The van der Waals surface area contributed by atoms with Crippen LogP contribution in [0.4, 0.5) is 0 Å². The van der Waals surface area contributed by atoms with E-state index in [9.17, 15) is 4.79 Å². The molecule has 2 rings (SSSR count). The van der Waals surface area contributed by atoms with Gasteiger partial charge in [0.2, 0.25) is 0 Å². The number of carbonyl (C=O) groups is 1. The molecule has 24 heavy (non-hydrogen) atoms. The van der Waals surface area contributed by atoms with E-state index in [1.165, 1.54) is 17.1 Å². The van der Waals surface area contributed by atoms with E-state index in [-0.39, 0.29) is 5.91 Å². The predicted molar refractivity (Wildman–Crippen MR) is 97.2 cm³/mol. The summed E-state index contributed by atoms with van der Waals surface area (Å²) in [6.07, 6.45) is 1.66. The van der Waals surface area contributed by atoms with Gasteiger partial charge in [-0.1, -0.05) is 31.2 Å². The summed E-state index contributed by atoms with van der Waals surface area (Å²) in [5.41, 5.74) is 2.40. The molecule has 0 aliphatic heterocycles. The molecule has 0 saturated carbocycles. The first kappa shape index (κ1) is 18.6. The Balaban J connectivity index is 1.90. The lowest BCUT2D eigenvalue weighted by atomic mass is 10.1. The largest absolute Gasteiger partial charge is 0.383 e. The fourth-order valence-corrected chi connectivity index (χ4v) is 3.03. The molecule has 1 aromatic carbocycles. The third-order valence-electron chi connectivity index (χ3n) is 3.90. The van der Waals surface area contributed by atoms with Crippen LogP contribution in [-0.2, 0) is 17.8 Å². The van der Waals surface area contributed by atoms with Crippen LogP contribution in [0, 0.1) is 0 Å². The second kappa shape index (κ2) is 9.52. The molecule has 130 valence electrons. The van der Waals surface area contributed by atoms with Gasteiger partial charge in [0.25, 0.3) is 5.91 Å². The fourth-order valence-electron chi connectivity index (χ4n) is 2.44. The third kappa shape index (κ3) is 5.40. The summed E-state index contributed by atoms with van der Waals surface area (Å²) in [5.74, 6) is 0.0123. The van der Waals surface area contributed by atoms with Gasteiger partial charge >= 0.3 is 0 Å². The first-order chi connectivity index (χ1) is 11.6. The molecule has 2 aromatic rings. The van der Waals surface area contributed by atoms with Gasteiger partial charge < -0.3 is 9.64 Å². The average molecular weight is 347 g/mol. The molecule has 1 heterocycles. The van der Waals surface area contributed by atoms with Crippen molar-refractivity contribution in [3.05, 3.63) is 52.5 Å². The van der Waals surface area contributed by atoms with E-state index in [0.29, 0.717) is 11.4 Å². The molecular weight excluding hydrogens is 322 g/mol. The Morgan fingerprint density at radius 2 is 1.83 bits per heavy atom. The predicted octanol–water partition coefficient (Wildman–Crippen LogP) is 2.88. The summed E-state index contributed by atoms with van der Waals surface area (Å²) in [6, 6.07) is 10.2. The van der Waals surface area contributed by atoms with E-state index < -0.39 is 0 Å². The first-order valence-electron chi connectivity index (χ1n) is 8.09.